The van der Waals surface area contributed by atoms with Gasteiger partial charge in [0.25, 0.3) is 0 Å². The highest BCUT2D eigenvalue weighted by molar-refractivity contribution is 7.98. The first-order chi connectivity index (χ1) is 14.2. The largest absolute Gasteiger partial charge is 0.459 e. The summed E-state index contributed by atoms with van der Waals surface area (Å²) < 4.78 is 10.6. The third-order valence-corrected chi connectivity index (χ3v) is 5.00. The number of benzene rings is 2. The van der Waals surface area contributed by atoms with Crippen molar-refractivity contribution in [1.29, 1.82) is 0 Å². The SMILES string of the molecule is CC(C)(C)OC(=O)N[C@@H](CC(O)SCc1ccccc1)C(=O)OCc1ccccc1. The van der Waals surface area contributed by atoms with Gasteiger partial charge in [-0.3, -0.25) is 0 Å². The number of aliphatic hydroxyl groups is 1. The van der Waals surface area contributed by atoms with Crippen molar-refractivity contribution in [3.8, 4) is 0 Å². The van der Waals surface area contributed by atoms with Crippen LogP contribution in [0.2, 0.25) is 0 Å². The van der Waals surface area contributed by atoms with Crippen LogP contribution in [0.5, 0.6) is 0 Å². The molecule has 7 heteroatoms. The highest BCUT2D eigenvalue weighted by Gasteiger charge is 2.28. The van der Waals surface area contributed by atoms with Crippen molar-refractivity contribution in [3.63, 3.8) is 0 Å². The van der Waals surface area contributed by atoms with Crippen LogP contribution < -0.4 is 5.32 Å². The van der Waals surface area contributed by atoms with E-state index in [1.165, 1.54) is 11.8 Å². The minimum absolute atomic E-state index is 0.00433. The van der Waals surface area contributed by atoms with E-state index < -0.39 is 29.1 Å². The summed E-state index contributed by atoms with van der Waals surface area (Å²) in [5, 5.41) is 13.0. The Balaban J connectivity index is 1.96. The van der Waals surface area contributed by atoms with Gasteiger partial charge in [-0.2, -0.15) is 0 Å². The molecule has 0 aliphatic rings. The van der Waals surface area contributed by atoms with E-state index in [1.54, 1.807) is 20.8 Å². The molecule has 0 aromatic heterocycles. The quantitative estimate of drug-likeness (QED) is 0.456. The predicted molar refractivity (Wildman–Crippen MR) is 118 cm³/mol. The van der Waals surface area contributed by atoms with Gasteiger partial charge in [-0.05, 0) is 31.9 Å². The predicted octanol–water partition coefficient (Wildman–Crippen LogP) is 4.27. The van der Waals surface area contributed by atoms with E-state index in [1.807, 2.05) is 60.7 Å². The van der Waals surface area contributed by atoms with Gasteiger partial charge in [-0.15, -0.1) is 11.8 Å². The fourth-order valence-corrected chi connectivity index (χ4v) is 3.44. The van der Waals surface area contributed by atoms with Crippen molar-refractivity contribution in [3.05, 3.63) is 71.8 Å². The van der Waals surface area contributed by atoms with Crippen molar-refractivity contribution in [2.45, 2.75) is 56.6 Å². The molecule has 2 atom stereocenters. The molecule has 0 aliphatic heterocycles. The molecule has 0 fully saturated rings. The molecule has 0 bridgehead atoms. The van der Waals surface area contributed by atoms with Crippen LogP contribution in [0.1, 0.15) is 38.3 Å². The van der Waals surface area contributed by atoms with Gasteiger partial charge >= 0.3 is 12.1 Å². The van der Waals surface area contributed by atoms with E-state index in [0.29, 0.717) is 5.75 Å². The number of alkyl carbamates (subject to hydrolysis) is 1. The number of nitrogens with one attached hydrogen (secondary N) is 1. The molecule has 2 aromatic rings. The Morgan fingerprint density at radius 1 is 1.00 bits per heavy atom. The monoisotopic (exact) mass is 431 g/mol. The molecule has 0 saturated heterocycles. The molecule has 162 valence electrons. The lowest BCUT2D eigenvalue weighted by molar-refractivity contribution is -0.148. The van der Waals surface area contributed by atoms with Gasteiger partial charge in [0.15, 0.2) is 0 Å². The Morgan fingerprint density at radius 3 is 2.13 bits per heavy atom. The normalized spacial score (nSPS) is 13.2. The first kappa shape index (κ1) is 23.8. The van der Waals surface area contributed by atoms with Crippen LogP contribution in [-0.2, 0) is 26.6 Å². The van der Waals surface area contributed by atoms with Gasteiger partial charge in [0.05, 0.1) is 0 Å². The van der Waals surface area contributed by atoms with E-state index in [-0.39, 0.29) is 13.0 Å². The Morgan fingerprint density at radius 2 is 1.57 bits per heavy atom. The zero-order valence-corrected chi connectivity index (χ0v) is 18.4. The van der Waals surface area contributed by atoms with Crippen molar-refractivity contribution >= 4 is 23.8 Å². The Labute approximate surface area is 182 Å². The number of amides is 1. The Kier molecular flexibility index (Phi) is 9.20. The number of thioether (sulfide) groups is 1. The second kappa shape index (κ2) is 11.6. The topological polar surface area (TPSA) is 84.9 Å². The number of rotatable bonds is 9. The molecular formula is C23H29NO5S. The van der Waals surface area contributed by atoms with E-state index in [0.717, 1.165) is 11.1 Å². The first-order valence-electron chi connectivity index (χ1n) is 9.76. The highest BCUT2D eigenvalue weighted by Crippen LogP contribution is 2.20. The molecule has 0 heterocycles. The molecule has 1 amide bonds. The number of carbonyl (C=O) groups is 2. The second-order valence-electron chi connectivity index (χ2n) is 7.78. The number of aliphatic hydroxyl groups excluding tert-OH is 1. The second-order valence-corrected chi connectivity index (χ2v) is 8.95. The number of esters is 1. The van der Waals surface area contributed by atoms with Crippen molar-refractivity contribution < 1.29 is 24.2 Å². The lowest BCUT2D eigenvalue weighted by Gasteiger charge is -2.24. The third kappa shape index (κ3) is 9.33. The van der Waals surface area contributed by atoms with Crippen LogP contribution in [0.15, 0.2) is 60.7 Å². The fraction of sp³-hybridized carbons (Fsp3) is 0.391. The smallest absolute Gasteiger partial charge is 0.408 e. The maximum absolute atomic E-state index is 12.6. The first-order valence-corrected chi connectivity index (χ1v) is 10.8. The molecule has 2 aromatic carbocycles. The van der Waals surface area contributed by atoms with Crippen molar-refractivity contribution in [2.75, 3.05) is 0 Å². The summed E-state index contributed by atoms with van der Waals surface area (Å²) in [6.45, 7) is 5.29. The number of hydrogen-bond donors (Lipinski definition) is 2. The zero-order chi connectivity index (χ0) is 22.0. The minimum atomic E-state index is -1.03. The maximum atomic E-state index is 12.6. The Bertz CT molecular complexity index is 792. The molecule has 2 rings (SSSR count). The van der Waals surface area contributed by atoms with Crippen LogP contribution in [-0.4, -0.2) is 34.2 Å². The van der Waals surface area contributed by atoms with E-state index >= 15 is 0 Å². The van der Waals surface area contributed by atoms with Gasteiger partial charge < -0.3 is 19.9 Å². The molecule has 0 aliphatic carbocycles. The van der Waals surface area contributed by atoms with Gasteiger partial charge in [0.2, 0.25) is 0 Å². The van der Waals surface area contributed by atoms with Crippen LogP contribution in [0.25, 0.3) is 0 Å². The van der Waals surface area contributed by atoms with Crippen LogP contribution in [0.4, 0.5) is 4.79 Å². The average Bonchev–Trinajstić information content (AvgIpc) is 2.70. The zero-order valence-electron chi connectivity index (χ0n) is 17.5. The summed E-state index contributed by atoms with van der Waals surface area (Å²) in [4.78, 5) is 24.8. The van der Waals surface area contributed by atoms with Crippen LogP contribution >= 0.6 is 11.8 Å². The molecule has 1 unspecified atom stereocenters. The molecule has 0 saturated carbocycles. The van der Waals surface area contributed by atoms with E-state index in [2.05, 4.69) is 5.32 Å². The fourth-order valence-electron chi connectivity index (χ4n) is 2.53. The number of ether oxygens (including phenoxy) is 2. The number of carbonyl (C=O) groups excluding carboxylic acids is 2. The third-order valence-electron chi connectivity index (χ3n) is 3.92. The summed E-state index contributed by atoms with van der Waals surface area (Å²) >= 11 is 1.29. The lowest BCUT2D eigenvalue weighted by Crippen LogP contribution is -2.45. The van der Waals surface area contributed by atoms with Gasteiger partial charge in [0, 0.05) is 12.2 Å². The summed E-state index contributed by atoms with van der Waals surface area (Å²) in [6.07, 6.45) is -0.728. The van der Waals surface area contributed by atoms with Gasteiger partial charge in [-0.1, -0.05) is 60.7 Å². The number of hydrogen-bond acceptors (Lipinski definition) is 6. The standard InChI is InChI=1S/C23H29NO5S/c1-23(2,3)29-22(27)24-19(21(26)28-15-17-10-6-4-7-11-17)14-20(25)30-16-18-12-8-5-9-13-18/h4-13,19-20,25H,14-16H2,1-3H3,(H,24,27)/t19-,20?/m0/s1. The molecular weight excluding hydrogens is 402 g/mol. The average molecular weight is 432 g/mol. The highest BCUT2D eigenvalue weighted by atomic mass is 32.2. The molecule has 30 heavy (non-hydrogen) atoms. The lowest BCUT2D eigenvalue weighted by atomic mass is 10.2. The summed E-state index contributed by atoms with van der Waals surface area (Å²) in [5.41, 5.74) is 0.323. The Hall–Kier alpha value is -2.51. The van der Waals surface area contributed by atoms with Gasteiger partial charge in [0.1, 0.15) is 23.7 Å². The molecule has 0 spiro atoms. The van der Waals surface area contributed by atoms with Crippen LogP contribution in [0, 0.1) is 0 Å². The van der Waals surface area contributed by atoms with Gasteiger partial charge in [-0.25, -0.2) is 9.59 Å². The maximum Gasteiger partial charge on any atom is 0.408 e. The summed E-state index contributed by atoms with van der Waals surface area (Å²) in [7, 11) is 0. The van der Waals surface area contributed by atoms with Crippen molar-refractivity contribution in [2.24, 2.45) is 0 Å². The van der Waals surface area contributed by atoms with Crippen molar-refractivity contribution in [1.82, 2.24) is 5.32 Å². The van der Waals surface area contributed by atoms with E-state index in [4.69, 9.17) is 9.47 Å². The van der Waals surface area contributed by atoms with E-state index in [9.17, 15) is 14.7 Å². The molecule has 6 nitrogen and oxygen atoms in total. The summed E-state index contributed by atoms with van der Waals surface area (Å²) in [6, 6.07) is 17.9. The molecule has 2 N–H and O–H groups in total. The summed E-state index contributed by atoms with van der Waals surface area (Å²) in [5.74, 6) is -0.0377. The minimum Gasteiger partial charge on any atom is -0.459 e. The molecule has 0 radical (unpaired) electrons. The van der Waals surface area contributed by atoms with Crippen LogP contribution in [0.3, 0.4) is 0 Å².